The normalized spacial score (nSPS) is 16.2. The van der Waals surface area contributed by atoms with E-state index in [9.17, 15) is 18.3 Å². The van der Waals surface area contributed by atoms with Crippen LogP contribution in [-0.4, -0.2) is 22.3 Å². The number of nitrogens with zero attached hydrogens (tertiary/aromatic N) is 1. The van der Waals surface area contributed by atoms with E-state index in [2.05, 4.69) is 4.98 Å². The molecule has 3 N–H and O–H groups in total. The quantitative estimate of drug-likeness (QED) is 0.839. The van der Waals surface area contributed by atoms with Gasteiger partial charge >= 0.3 is 6.18 Å². The number of oxazole rings is 1. The number of aliphatic hydroxyl groups is 1. The van der Waals surface area contributed by atoms with E-state index in [-0.39, 0.29) is 11.7 Å². The van der Waals surface area contributed by atoms with Crippen LogP contribution in [0.4, 0.5) is 13.2 Å². The average molecular weight is 238 g/mol. The molecule has 2 atom stereocenters. The lowest BCUT2D eigenvalue weighted by Gasteiger charge is -2.18. The van der Waals surface area contributed by atoms with Crippen LogP contribution in [0.5, 0.6) is 0 Å². The van der Waals surface area contributed by atoms with Gasteiger partial charge in [-0.25, -0.2) is 4.98 Å². The second-order valence-electron chi connectivity index (χ2n) is 3.61. The van der Waals surface area contributed by atoms with Gasteiger partial charge in [0.15, 0.2) is 11.7 Å². The van der Waals surface area contributed by atoms with E-state index in [1.807, 2.05) is 0 Å². The van der Waals surface area contributed by atoms with Crippen LogP contribution >= 0.6 is 0 Å². The van der Waals surface area contributed by atoms with E-state index >= 15 is 0 Å². The molecule has 0 saturated heterocycles. The van der Waals surface area contributed by atoms with Crippen molar-refractivity contribution in [2.45, 2.75) is 38.6 Å². The summed E-state index contributed by atoms with van der Waals surface area (Å²) in [6.07, 6.45) is -7.18. The maximum Gasteiger partial charge on any atom is 0.390 e. The van der Waals surface area contributed by atoms with Gasteiger partial charge in [0.2, 0.25) is 0 Å². The van der Waals surface area contributed by atoms with Crippen LogP contribution in [0.3, 0.4) is 0 Å². The van der Waals surface area contributed by atoms with Crippen LogP contribution in [0.15, 0.2) is 4.42 Å². The fraction of sp³-hybridized carbons (Fsp3) is 0.667. The Balaban J connectivity index is 2.78. The fourth-order valence-electron chi connectivity index (χ4n) is 1.39. The molecule has 4 nitrogen and oxygen atoms in total. The van der Waals surface area contributed by atoms with Crippen molar-refractivity contribution in [1.29, 1.82) is 0 Å². The molecular formula is C9H13F3N2O2. The highest BCUT2D eigenvalue weighted by Gasteiger charge is 2.35. The molecule has 16 heavy (non-hydrogen) atoms. The lowest BCUT2D eigenvalue weighted by Crippen LogP contribution is -2.33. The average Bonchev–Trinajstić information content (AvgIpc) is 2.41. The number of halogens is 3. The van der Waals surface area contributed by atoms with Crippen molar-refractivity contribution in [1.82, 2.24) is 4.98 Å². The summed E-state index contributed by atoms with van der Waals surface area (Å²) in [6, 6.07) is -1.45. The number of hydrogen-bond acceptors (Lipinski definition) is 4. The molecule has 1 aromatic heterocycles. The molecule has 1 heterocycles. The summed E-state index contributed by atoms with van der Waals surface area (Å²) in [5.41, 5.74) is 5.61. The van der Waals surface area contributed by atoms with Crippen LogP contribution in [0, 0.1) is 13.8 Å². The van der Waals surface area contributed by atoms with Gasteiger partial charge in [-0.15, -0.1) is 0 Å². The van der Waals surface area contributed by atoms with E-state index in [4.69, 9.17) is 10.2 Å². The third-order valence-electron chi connectivity index (χ3n) is 2.08. The molecule has 0 aliphatic carbocycles. The van der Waals surface area contributed by atoms with E-state index < -0.39 is 24.7 Å². The molecule has 1 aromatic rings. The fourth-order valence-corrected chi connectivity index (χ4v) is 1.39. The van der Waals surface area contributed by atoms with Crippen molar-refractivity contribution in [2.24, 2.45) is 5.73 Å². The first-order valence-corrected chi connectivity index (χ1v) is 4.65. The van der Waals surface area contributed by atoms with Gasteiger partial charge < -0.3 is 15.3 Å². The number of nitrogens with two attached hydrogens (primary N) is 1. The summed E-state index contributed by atoms with van der Waals surface area (Å²) < 4.78 is 41.2. The highest BCUT2D eigenvalue weighted by Crippen LogP contribution is 2.28. The Morgan fingerprint density at radius 3 is 2.38 bits per heavy atom. The maximum absolute atomic E-state index is 12.1. The molecule has 92 valence electrons. The third-order valence-corrected chi connectivity index (χ3v) is 2.08. The largest absolute Gasteiger partial charge is 0.443 e. The maximum atomic E-state index is 12.1. The lowest BCUT2D eigenvalue weighted by molar-refractivity contribution is -0.144. The van der Waals surface area contributed by atoms with Gasteiger partial charge in [0, 0.05) is 13.0 Å². The minimum absolute atomic E-state index is 0.00532. The number of aryl methyl sites for hydroxylation is 2. The third kappa shape index (κ3) is 3.21. The molecule has 0 aliphatic heterocycles. The van der Waals surface area contributed by atoms with Gasteiger partial charge in [-0.05, 0) is 6.92 Å². The van der Waals surface area contributed by atoms with Gasteiger partial charge in [-0.1, -0.05) is 0 Å². The number of alkyl halides is 3. The second-order valence-corrected chi connectivity index (χ2v) is 3.61. The molecule has 0 fully saturated rings. The van der Waals surface area contributed by atoms with Gasteiger partial charge in [-0.2, -0.15) is 13.2 Å². The van der Waals surface area contributed by atoms with E-state index in [0.717, 1.165) is 0 Å². The van der Waals surface area contributed by atoms with Crippen LogP contribution < -0.4 is 5.73 Å². The minimum atomic E-state index is -4.41. The molecule has 0 radical (unpaired) electrons. The standard InChI is InChI=1S/C9H13F3N2O2/c1-4-8(16-5(2)14-4)7(15)6(13)3-9(10,11)12/h6-7,15H,3,13H2,1-2H3. The molecule has 0 aliphatic rings. The zero-order chi connectivity index (χ0) is 12.5. The lowest BCUT2D eigenvalue weighted by atomic mass is 10.1. The number of rotatable bonds is 3. The monoisotopic (exact) mass is 238 g/mol. The Hall–Kier alpha value is -1.08. The van der Waals surface area contributed by atoms with Crippen molar-refractivity contribution < 1.29 is 22.7 Å². The van der Waals surface area contributed by atoms with Crippen molar-refractivity contribution in [3.05, 3.63) is 17.3 Å². The zero-order valence-electron chi connectivity index (χ0n) is 8.88. The van der Waals surface area contributed by atoms with Crippen molar-refractivity contribution >= 4 is 0 Å². The summed E-state index contributed by atoms with van der Waals surface area (Å²) in [5, 5.41) is 9.59. The first-order chi connectivity index (χ1) is 7.20. The van der Waals surface area contributed by atoms with Gasteiger partial charge in [0.05, 0.1) is 12.1 Å². The highest BCUT2D eigenvalue weighted by molar-refractivity contribution is 5.12. The molecule has 0 saturated carbocycles. The topological polar surface area (TPSA) is 72.3 Å². The SMILES string of the molecule is Cc1nc(C)c(C(O)C(N)CC(F)(F)F)o1. The van der Waals surface area contributed by atoms with Gasteiger partial charge in [0.1, 0.15) is 6.10 Å². The Labute approximate surface area is 90.3 Å². The predicted octanol–water partition coefficient (Wildman–Crippen LogP) is 1.60. The molecule has 0 spiro atoms. The second kappa shape index (κ2) is 4.42. The summed E-state index contributed by atoms with van der Waals surface area (Å²) in [4.78, 5) is 3.85. The molecule has 7 heteroatoms. The zero-order valence-corrected chi connectivity index (χ0v) is 8.88. The summed E-state index contributed by atoms with van der Waals surface area (Å²) >= 11 is 0. The van der Waals surface area contributed by atoms with Crippen molar-refractivity contribution in [2.75, 3.05) is 0 Å². The number of hydrogen-bond donors (Lipinski definition) is 2. The van der Waals surface area contributed by atoms with Crippen LogP contribution in [-0.2, 0) is 0 Å². The van der Waals surface area contributed by atoms with E-state index in [1.54, 1.807) is 6.92 Å². The van der Waals surface area contributed by atoms with Gasteiger partial charge in [-0.3, -0.25) is 0 Å². The minimum Gasteiger partial charge on any atom is -0.443 e. The summed E-state index contributed by atoms with van der Waals surface area (Å²) in [7, 11) is 0. The highest BCUT2D eigenvalue weighted by atomic mass is 19.4. The first-order valence-electron chi connectivity index (χ1n) is 4.65. The Kier molecular flexibility index (Phi) is 3.59. The first kappa shape index (κ1) is 13.0. The number of aromatic nitrogens is 1. The van der Waals surface area contributed by atoms with Crippen LogP contribution in [0.1, 0.15) is 29.9 Å². The molecule has 0 amide bonds. The van der Waals surface area contributed by atoms with Gasteiger partial charge in [0.25, 0.3) is 0 Å². The predicted molar refractivity (Wildman–Crippen MR) is 49.6 cm³/mol. The van der Waals surface area contributed by atoms with Crippen molar-refractivity contribution in [3.63, 3.8) is 0 Å². The summed E-state index contributed by atoms with van der Waals surface area (Å²) in [6.45, 7) is 3.08. The number of aliphatic hydroxyl groups excluding tert-OH is 1. The van der Waals surface area contributed by atoms with E-state index in [0.29, 0.717) is 5.69 Å². The molecule has 0 bridgehead atoms. The molecule has 0 aromatic carbocycles. The molecular weight excluding hydrogens is 225 g/mol. The van der Waals surface area contributed by atoms with Crippen molar-refractivity contribution in [3.8, 4) is 0 Å². The van der Waals surface area contributed by atoms with Crippen LogP contribution in [0.25, 0.3) is 0 Å². The smallest absolute Gasteiger partial charge is 0.390 e. The Bertz CT molecular complexity index is 362. The Morgan fingerprint density at radius 2 is 2.00 bits per heavy atom. The Morgan fingerprint density at radius 1 is 1.44 bits per heavy atom. The summed E-state index contributed by atoms with van der Waals surface area (Å²) in [5.74, 6) is 0.278. The molecule has 2 unspecified atom stereocenters. The van der Waals surface area contributed by atoms with Crippen LogP contribution in [0.2, 0.25) is 0 Å². The molecule has 1 rings (SSSR count). The van der Waals surface area contributed by atoms with E-state index in [1.165, 1.54) is 6.92 Å².